The van der Waals surface area contributed by atoms with Gasteiger partial charge < -0.3 is 19.7 Å². The zero-order valence-electron chi connectivity index (χ0n) is 21.4. The number of alkyl halides is 3. The molecule has 4 rings (SSSR count). The number of aliphatic carboxylic acids is 1. The normalized spacial score (nSPS) is 17.4. The quantitative estimate of drug-likeness (QED) is 0.615. The monoisotopic (exact) mass is 525 g/mol. The number of carboxylic acids is 1. The number of aryl methyl sites for hydroxylation is 2. The molecule has 0 unspecified atom stereocenters. The van der Waals surface area contributed by atoms with Crippen molar-refractivity contribution in [3.05, 3.63) is 46.5 Å². The highest BCUT2D eigenvalue weighted by atomic mass is 19.4. The van der Waals surface area contributed by atoms with Crippen LogP contribution in [-0.4, -0.2) is 69.1 Å². The molecule has 0 atom stereocenters. The topological polar surface area (TPSA) is 110 Å². The van der Waals surface area contributed by atoms with Gasteiger partial charge in [-0.1, -0.05) is 36.2 Å². The number of aromatic nitrogens is 3. The predicted octanol–water partition coefficient (Wildman–Crippen LogP) is 3.48. The number of benzene rings is 1. The van der Waals surface area contributed by atoms with Gasteiger partial charge in [0, 0.05) is 25.0 Å². The minimum atomic E-state index is -5.08. The highest BCUT2D eigenvalue weighted by molar-refractivity contribution is 5.90. The molecule has 3 heterocycles. The van der Waals surface area contributed by atoms with Crippen LogP contribution in [0, 0.1) is 19.3 Å². The summed E-state index contributed by atoms with van der Waals surface area (Å²) in [5, 5.41) is 18.4. The summed E-state index contributed by atoms with van der Waals surface area (Å²) in [7, 11) is 0. The van der Waals surface area contributed by atoms with Crippen LogP contribution in [0.5, 0.6) is 0 Å². The number of nitrogens with one attached hydrogen (secondary N) is 1. The first-order valence-electron chi connectivity index (χ1n) is 12.3. The van der Waals surface area contributed by atoms with Gasteiger partial charge in [-0.25, -0.2) is 4.79 Å². The summed E-state index contributed by atoms with van der Waals surface area (Å²) < 4.78 is 39.7. The van der Waals surface area contributed by atoms with Crippen LogP contribution in [-0.2, 0) is 29.2 Å². The fraction of sp³-hybridized carbons (Fsp3) is 0.600. The number of halogens is 3. The minimum absolute atomic E-state index is 0.0342. The van der Waals surface area contributed by atoms with Crippen LogP contribution in [0.25, 0.3) is 0 Å². The molecule has 1 amide bonds. The molecule has 0 radical (unpaired) electrons. The van der Waals surface area contributed by atoms with E-state index < -0.39 is 12.1 Å². The highest BCUT2D eigenvalue weighted by Gasteiger charge is 2.39. The summed E-state index contributed by atoms with van der Waals surface area (Å²) in [6.07, 6.45) is -2.09. The van der Waals surface area contributed by atoms with Crippen LogP contribution in [0.2, 0.25) is 0 Å². The van der Waals surface area contributed by atoms with Crippen molar-refractivity contribution >= 4 is 11.9 Å². The van der Waals surface area contributed by atoms with Crippen molar-refractivity contribution in [2.45, 2.75) is 65.9 Å². The molecule has 1 aromatic heterocycles. The summed E-state index contributed by atoms with van der Waals surface area (Å²) in [4.78, 5) is 24.0. The lowest BCUT2D eigenvalue weighted by Crippen LogP contribution is -2.44. The first kappa shape index (κ1) is 28.6. The Morgan fingerprint density at radius 3 is 2.32 bits per heavy atom. The molecule has 2 aliphatic rings. The first-order valence-corrected chi connectivity index (χ1v) is 12.3. The van der Waals surface area contributed by atoms with Gasteiger partial charge in [-0.05, 0) is 51.8 Å². The van der Waals surface area contributed by atoms with Crippen LogP contribution in [0.15, 0.2) is 18.2 Å². The average molecular weight is 526 g/mol. The van der Waals surface area contributed by atoms with Gasteiger partial charge >= 0.3 is 12.1 Å². The fourth-order valence-corrected chi connectivity index (χ4v) is 4.74. The van der Waals surface area contributed by atoms with Crippen molar-refractivity contribution in [1.82, 2.24) is 25.0 Å². The maximum absolute atomic E-state index is 12.5. The van der Waals surface area contributed by atoms with Crippen LogP contribution in [0.4, 0.5) is 13.2 Å². The molecule has 12 heteroatoms. The van der Waals surface area contributed by atoms with E-state index in [1.54, 1.807) is 0 Å². The Kier molecular flexibility index (Phi) is 9.30. The number of likely N-dealkylation sites (tertiary alicyclic amines) is 1. The largest absolute Gasteiger partial charge is 0.490 e. The number of carbonyl (C=O) groups is 2. The van der Waals surface area contributed by atoms with Gasteiger partial charge in [0.2, 0.25) is 5.82 Å². The van der Waals surface area contributed by atoms with Crippen LogP contribution in [0.1, 0.15) is 59.3 Å². The van der Waals surface area contributed by atoms with E-state index in [9.17, 15) is 18.0 Å². The second kappa shape index (κ2) is 12.0. The van der Waals surface area contributed by atoms with Gasteiger partial charge in [0.25, 0.3) is 5.91 Å². The van der Waals surface area contributed by atoms with Gasteiger partial charge in [-0.2, -0.15) is 13.2 Å². The minimum Gasteiger partial charge on any atom is -0.475 e. The standard InChI is InChI=1S/C23H33N5O2.C2HF3O2/c1-4-7-24-22(29)21-26-25-20-14-30-16-23(15-28(20)21)5-8-27(9-6-23)13-19-11-17(2)10-18(3)12-19;3-2(4,5)1(6)7/h10-12H,4-9,13-16H2,1-3H3,(H,24,29);(H,6,7). The summed E-state index contributed by atoms with van der Waals surface area (Å²) >= 11 is 0. The summed E-state index contributed by atoms with van der Waals surface area (Å²) in [5.74, 6) is -1.72. The molecule has 1 aromatic carbocycles. The molecule has 0 saturated carbocycles. The number of piperidine rings is 1. The van der Waals surface area contributed by atoms with E-state index in [4.69, 9.17) is 14.6 Å². The van der Waals surface area contributed by atoms with Crippen molar-refractivity contribution in [3.8, 4) is 0 Å². The number of ether oxygens (including phenoxy) is 1. The van der Waals surface area contributed by atoms with E-state index in [0.717, 1.165) is 51.3 Å². The molecule has 0 aliphatic carbocycles. The summed E-state index contributed by atoms with van der Waals surface area (Å²) in [5.41, 5.74) is 4.07. The van der Waals surface area contributed by atoms with E-state index in [0.29, 0.717) is 25.6 Å². The molecule has 37 heavy (non-hydrogen) atoms. The Hall–Kier alpha value is -2.99. The van der Waals surface area contributed by atoms with Crippen molar-refractivity contribution in [1.29, 1.82) is 0 Å². The average Bonchev–Trinajstić information content (AvgIpc) is 3.11. The Bertz CT molecular complexity index is 1070. The molecule has 204 valence electrons. The zero-order chi connectivity index (χ0) is 27.2. The van der Waals surface area contributed by atoms with E-state index in [2.05, 4.69) is 52.5 Å². The van der Waals surface area contributed by atoms with Crippen molar-refractivity contribution < 1.29 is 32.6 Å². The number of fused-ring (bicyclic) bond motifs is 1. The SMILES string of the molecule is CCCNC(=O)c1nnc2n1CC1(CCN(Cc3cc(C)cc(C)c3)CC1)COC2.O=C(O)C(F)(F)F. The number of rotatable bonds is 5. The van der Waals surface area contributed by atoms with Gasteiger partial charge in [-0.3, -0.25) is 9.69 Å². The number of carboxylic acid groups (broad SMARTS) is 1. The van der Waals surface area contributed by atoms with Crippen LogP contribution < -0.4 is 5.32 Å². The number of hydrogen-bond donors (Lipinski definition) is 2. The van der Waals surface area contributed by atoms with Gasteiger partial charge in [-0.15, -0.1) is 10.2 Å². The van der Waals surface area contributed by atoms with Crippen LogP contribution in [0.3, 0.4) is 0 Å². The predicted molar refractivity (Wildman–Crippen MR) is 129 cm³/mol. The van der Waals surface area contributed by atoms with Gasteiger partial charge in [0.1, 0.15) is 6.61 Å². The molecule has 1 spiro atoms. The Balaban J connectivity index is 0.000000479. The third-order valence-corrected chi connectivity index (χ3v) is 6.55. The smallest absolute Gasteiger partial charge is 0.475 e. The molecule has 1 saturated heterocycles. The number of amides is 1. The maximum Gasteiger partial charge on any atom is 0.490 e. The van der Waals surface area contributed by atoms with E-state index in [1.165, 1.54) is 16.7 Å². The maximum atomic E-state index is 12.5. The van der Waals surface area contributed by atoms with Gasteiger partial charge in [0.15, 0.2) is 5.82 Å². The van der Waals surface area contributed by atoms with E-state index in [-0.39, 0.29) is 11.3 Å². The molecule has 2 N–H and O–H groups in total. The highest BCUT2D eigenvalue weighted by Crippen LogP contribution is 2.37. The summed E-state index contributed by atoms with van der Waals surface area (Å²) in [6.45, 7) is 12.0. The first-order chi connectivity index (χ1) is 17.4. The fourth-order valence-electron chi connectivity index (χ4n) is 4.74. The molecular weight excluding hydrogens is 491 g/mol. The lowest BCUT2D eigenvalue weighted by atomic mass is 9.78. The number of hydrogen-bond acceptors (Lipinski definition) is 6. The van der Waals surface area contributed by atoms with E-state index >= 15 is 0 Å². The van der Waals surface area contributed by atoms with Crippen molar-refractivity contribution in [2.24, 2.45) is 5.41 Å². The Labute approximate surface area is 214 Å². The lowest BCUT2D eigenvalue weighted by Gasteiger charge is -2.41. The van der Waals surface area contributed by atoms with E-state index in [1.807, 2.05) is 11.5 Å². The van der Waals surface area contributed by atoms with Crippen molar-refractivity contribution in [2.75, 3.05) is 26.2 Å². The third kappa shape index (κ3) is 7.75. The molecule has 1 fully saturated rings. The molecule has 0 bridgehead atoms. The molecule has 2 aromatic rings. The lowest BCUT2D eigenvalue weighted by molar-refractivity contribution is -0.192. The van der Waals surface area contributed by atoms with Gasteiger partial charge in [0.05, 0.1) is 6.61 Å². The second-order valence-electron chi connectivity index (χ2n) is 9.85. The second-order valence-corrected chi connectivity index (χ2v) is 9.85. The third-order valence-electron chi connectivity index (χ3n) is 6.55. The molecule has 2 aliphatic heterocycles. The number of nitrogens with zero attached hydrogens (tertiary/aromatic N) is 4. The summed E-state index contributed by atoms with van der Waals surface area (Å²) in [6, 6.07) is 6.80. The van der Waals surface area contributed by atoms with Crippen molar-refractivity contribution in [3.63, 3.8) is 0 Å². The number of carbonyl (C=O) groups excluding carboxylic acids is 1. The Morgan fingerprint density at radius 2 is 1.76 bits per heavy atom. The zero-order valence-corrected chi connectivity index (χ0v) is 21.4. The van der Waals surface area contributed by atoms with Crippen LogP contribution >= 0.6 is 0 Å². The molecule has 9 nitrogen and oxygen atoms in total. The molecular formula is C25H34F3N5O4. The Morgan fingerprint density at radius 1 is 1.14 bits per heavy atom.